The molecular weight excluding hydrogens is 416 g/mol. The van der Waals surface area contributed by atoms with Gasteiger partial charge in [-0.25, -0.2) is 4.98 Å². The lowest BCUT2D eigenvalue weighted by molar-refractivity contribution is -0.118. The fourth-order valence-electron chi connectivity index (χ4n) is 3.34. The van der Waals surface area contributed by atoms with Gasteiger partial charge in [0.25, 0.3) is 5.91 Å². The largest absolute Gasteiger partial charge is 0.394 e. The maximum Gasteiger partial charge on any atom is 0.256 e. The number of rotatable bonds is 6. The van der Waals surface area contributed by atoms with E-state index in [0.29, 0.717) is 16.7 Å². The van der Waals surface area contributed by atoms with E-state index < -0.39 is 24.3 Å². The molecule has 0 bridgehead atoms. The molecule has 0 radical (unpaired) electrons. The molecule has 1 aliphatic heterocycles. The van der Waals surface area contributed by atoms with Crippen LogP contribution in [0.4, 0.5) is 11.8 Å². The van der Waals surface area contributed by atoms with E-state index in [1.165, 1.54) is 6.33 Å². The molecule has 1 fully saturated rings. The van der Waals surface area contributed by atoms with Crippen LogP contribution in [0.25, 0.3) is 11.2 Å². The molecule has 11 heteroatoms. The van der Waals surface area contributed by atoms with Crippen molar-refractivity contribution in [3.8, 4) is 0 Å². The molecule has 0 spiro atoms. The normalized spacial score (nSPS) is 20.6. The number of benzene rings is 1. The second-order valence-electron chi connectivity index (χ2n) is 7.80. The molecule has 2 amide bonds. The number of anilines is 2. The van der Waals surface area contributed by atoms with Crippen LogP contribution in [-0.2, 0) is 9.53 Å². The highest BCUT2D eigenvalue weighted by Gasteiger charge is 2.35. The summed E-state index contributed by atoms with van der Waals surface area (Å²) in [4.78, 5) is 38.0. The van der Waals surface area contributed by atoms with Crippen LogP contribution in [0.1, 0.15) is 36.9 Å². The summed E-state index contributed by atoms with van der Waals surface area (Å²) in [6.45, 7) is 3.14. The minimum absolute atomic E-state index is 0.00133. The van der Waals surface area contributed by atoms with Crippen LogP contribution in [0.3, 0.4) is 0 Å². The second kappa shape index (κ2) is 8.99. The summed E-state index contributed by atoms with van der Waals surface area (Å²) in [6.07, 6.45) is -0.519. The number of aliphatic hydroxyl groups is 2. The van der Waals surface area contributed by atoms with Crippen molar-refractivity contribution in [3.63, 3.8) is 0 Å². The average Bonchev–Trinajstić information content (AvgIpc) is 3.37. The highest BCUT2D eigenvalue weighted by atomic mass is 16.5. The Morgan fingerprint density at radius 3 is 2.62 bits per heavy atom. The number of carbonyl (C=O) groups excluding carboxylic acids is 2. The van der Waals surface area contributed by atoms with Gasteiger partial charge in [0, 0.05) is 17.9 Å². The zero-order valence-electron chi connectivity index (χ0n) is 17.6. The SMILES string of the molecule is CC(C)C(=O)Nc1nc(NC(=O)c2ccccc2)c2ncn(C3CC(O)C(CO)O3)c2n1. The van der Waals surface area contributed by atoms with Crippen molar-refractivity contribution in [2.24, 2.45) is 5.92 Å². The van der Waals surface area contributed by atoms with Gasteiger partial charge in [-0.15, -0.1) is 0 Å². The first-order valence-corrected chi connectivity index (χ1v) is 10.2. The summed E-state index contributed by atoms with van der Waals surface area (Å²) in [5, 5.41) is 24.8. The molecule has 3 unspecified atom stereocenters. The van der Waals surface area contributed by atoms with Crippen LogP contribution in [0, 0.1) is 5.92 Å². The third-order valence-electron chi connectivity index (χ3n) is 5.14. The highest BCUT2D eigenvalue weighted by molar-refractivity contribution is 6.07. The quantitative estimate of drug-likeness (QED) is 0.448. The molecular formula is C21H24N6O5. The maximum atomic E-state index is 12.7. The fraction of sp³-hybridized carbons (Fsp3) is 0.381. The molecule has 1 saturated heterocycles. The zero-order chi connectivity index (χ0) is 22.8. The predicted molar refractivity (Wildman–Crippen MR) is 115 cm³/mol. The fourth-order valence-corrected chi connectivity index (χ4v) is 3.34. The van der Waals surface area contributed by atoms with E-state index in [0.717, 1.165) is 0 Å². The third-order valence-corrected chi connectivity index (χ3v) is 5.14. The molecule has 32 heavy (non-hydrogen) atoms. The van der Waals surface area contributed by atoms with E-state index in [2.05, 4.69) is 25.6 Å². The second-order valence-corrected chi connectivity index (χ2v) is 7.80. The summed E-state index contributed by atoms with van der Waals surface area (Å²) in [5.41, 5.74) is 1.03. The lowest BCUT2D eigenvalue weighted by atomic mass is 10.2. The number of hydrogen-bond acceptors (Lipinski definition) is 8. The Morgan fingerprint density at radius 2 is 1.97 bits per heavy atom. The molecule has 2 aromatic heterocycles. The lowest BCUT2D eigenvalue weighted by Crippen LogP contribution is -2.24. The van der Waals surface area contributed by atoms with Gasteiger partial charge in [0.1, 0.15) is 12.3 Å². The Balaban J connectivity index is 1.74. The number of ether oxygens (including phenoxy) is 1. The number of nitrogens with zero attached hydrogens (tertiary/aromatic N) is 4. The molecule has 0 saturated carbocycles. The van der Waals surface area contributed by atoms with Crippen LogP contribution in [0.5, 0.6) is 0 Å². The number of carbonyl (C=O) groups is 2. The van der Waals surface area contributed by atoms with Crippen molar-refractivity contribution in [1.82, 2.24) is 19.5 Å². The van der Waals surface area contributed by atoms with E-state index >= 15 is 0 Å². The summed E-state index contributed by atoms with van der Waals surface area (Å²) >= 11 is 0. The average molecular weight is 440 g/mol. The zero-order valence-corrected chi connectivity index (χ0v) is 17.6. The number of fused-ring (bicyclic) bond motifs is 1. The van der Waals surface area contributed by atoms with E-state index in [9.17, 15) is 19.8 Å². The van der Waals surface area contributed by atoms with Gasteiger partial charge in [0.2, 0.25) is 11.9 Å². The molecule has 168 valence electrons. The molecule has 1 aliphatic rings. The minimum atomic E-state index is -0.846. The summed E-state index contributed by atoms with van der Waals surface area (Å²) in [7, 11) is 0. The number of nitrogens with one attached hydrogen (secondary N) is 2. The Labute approximate surface area is 183 Å². The smallest absolute Gasteiger partial charge is 0.256 e. The number of aliphatic hydroxyl groups excluding tert-OH is 2. The van der Waals surface area contributed by atoms with Crippen molar-refractivity contribution in [3.05, 3.63) is 42.2 Å². The maximum absolute atomic E-state index is 12.7. The van der Waals surface area contributed by atoms with Gasteiger partial charge in [-0.1, -0.05) is 32.0 Å². The van der Waals surface area contributed by atoms with E-state index in [1.807, 2.05) is 0 Å². The summed E-state index contributed by atoms with van der Waals surface area (Å²) < 4.78 is 7.30. The predicted octanol–water partition coefficient (Wildman–Crippen LogP) is 1.31. The van der Waals surface area contributed by atoms with Crippen molar-refractivity contribution in [2.45, 2.75) is 38.7 Å². The van der Waals surface area contributed by atoms with Gasteiger partial charge in [-0.3, -0.25) is 19.5 Å². The van der Waals surface area contributed by atoms with Crippen LogP contribution in [0.2, 0.25) is 0 Å². The molecule has 3 aromatic rings. The molecule has 1 aromatic carbocycles. The molecule has 4 rings (SSSR count). The van der Waals surface area contributed by atoms with Gasteiger partial charge in [-0.05, 0) is 12.1 Å². The van der Waals surface area contributed by atoms with Gasteiger partial charge in [0.15, 0.2) is 17.0 Å². The Morgan fingerprint density at radius 1 is 1.22 bits per heavy atom. The van der Waals surface area contributed by atoms with E-state index in [1.54, 1.807) is 48.7 Å². The number of amides is 2. The molecule has 4 N–H and O–H groups in total. The summed E-state index contributed by atoms with van der Waals surface area (Å²) in [6, 6.07) is 8.62. The third kappa shape index (κ3) is 4.31. The molecule has 3 atom stereocenters. The monoisotopic (exact) mass is 440 g/mol. The number of imidazole rings is 1. The molecule has 3 heterocycles. The highest BCUT2D eigenvalue weighted by Crippen LogP contribution is 2.32. The Bertz CT molecular complexity index is 1130. The first-order chi connectivity index (χ1) is 15.4. The van der Waals surface area contributed by atoms with E-state index in [-0.39, 0.29) is 36.6 Å². The van der Waals surface area contributed by atoms with Crippen LogP contribution < -0.4 is 10.6 Å². The van der Waals surface area contributed by atoms with Gasteiger partial charge < -0.3 is 20.3 Å². The van der Waals surface area contributed by atoms with Crippen LogP contribution >= 0.6 is 0 Å². The molecule has 11 nitrogen and oxygen atoms in total. The number of hydrogen-bond donors (Lipinski definition) is 4. The van der Waals surface area contributed by atoms with Gasteiger partial charge in [-0.2, -0.15) is 9.97 Å². The summed E-state index contributed by atoms with van der Waals surface area (Å²) in [5.74, 6) is -0.865. The van der Waals surface area contributed by atoms with Crippen LogP contribution in [0.15, 0.2) is 36.7 Å². The standard InChI is InChI=1S/C21H24N6O5/c1-11(2)19(30)26-21-24-17(23-20(31)12-6-4-3-5-7-12)16-18(25-21)27(10-22-16)15-8-13(29)14(9-28)32-15/h3-7,10-11,13-15,28-29H,8-9H2,1-2H3,(H2,23,24,25,26,30,31). The van der Waals surface area contributed by atoms with Crippen molar-refractivity contribution in [1.29, 1.82) is 0 Å². The van der Waals surface area contributed by atoms with Crippen molar-refractivity contribution >= 4 is 34.7 Å². The lowest BCUT2D eigenvalue weighted by Gasteiger charge is -2.15. The number of aromatic nitrogens is 4. The Hall–Kier alpha value is -3.41. The van der Waals surface area contributed by atoms with Crippen LogP contribution in [-0.4, -0.2) is 60.4 Å². The van der Waals surface area contributed by atoms with E-state index in [4.69, 9.17) is 4.74 Å². The van der Waals surface area contributed by atoms with Crippen molar-refractivity contribution in [2.75, 3.05) is 17.2 Å². The topological polar surface area (TPSA) is 151 Å². The van der Waals surface area contributed by atoms with Gasteiger partial charge in [0.05, 0.1) is 19.0 Å². The Kier molecular flexibility index (Phi) is 6.12. The first-order valence-electron chi connectivity index (χ1n) is 10.2. The van der Waals surface area contributed by atoms with Crippen molar-refractivity contribution < 1.29 is 24.5 Å². The molecule has 0 aliphatic carbocycles. The minimum Gasteiger partial charge on any atom is -0.394 e. The van der Waals surface area contributed by atoms with Gasteiger partial charge >= 0.3 is 0 Å². The first kappa shape index (κ1) is 21.8.